The van der Waals surface area contributed by atoms with Gasteiger partial charge < -0.3 is 14.4 Å². The molecule has 0 aliphatic carbocycles. The maximum atomic E-state index is 5.44. The van der Waals surface area contributed by atoms with Crippen LogP contribution in [0.4, 0.5) is 5.69 Å². The minimum atomic E-state index is 0.291. The molecule has 0 atom stereocenters. The SMILES string of the molecule is CCc1cc(N(C)Cc2ccc3c(c2)OCO3)c2nncn2n1. The molecular weight excluding hydrogens is 294 g/mol. The summed E-state index contributed by atoms with van der Waals surface area (Å²) in [7, 11) is 2.04. The molecule has 1 aliphatic rings. The van der Waals surface area contributed by atoms with E-state index in [1.807, 2.05) is 25.2 Å². The number of aryl methyl sites for hydroxylation is 1. The Morgan fingerprint density at radius 2 is 2.09 bits per heavy atom. The summed E-state index contributed by atoms with van der Waals surface area (Å²) in [5, 5.41) is 12.6. The molecule has 0 unspecified atom stereocenters. The number of hydrogen-bond acceptors (Lipinski definition) is 6. The molecule has 23 heavy (non-hydrogen) atoms. The Kier molecular flexibility index (Phi) is 3.25. The van der Waals surface area contributed by atoms with Gasteiger partial charge in [-0.1, -0.05) is 13.0 Å². The highest BCUT2D eigenvalue weighted by molar-refractivity contribution is 5.68. The fraction of sp³-hybridized carbons (Fsp3) is 0.312. The highest BCUT2D eigenvalue weighted by atomic mass is 16.7. The van der Waals surface area contributed by atoms with Gasteiger partial charge in [0, 0.05) is 13.6 Å². The van der Waals surface area contributed by atoms with Crippen molar-refractivity contribution in [2.75, 3.05) is 18.7 Å². The second kappa shape index (κ2) is 5.42. The van der Waals surface area contributed by atoms with Crippen LogP contribution in [0.2, 0.25) is 0 Å². The zero-order valence-electron chi connectivity index (χ0n) is 13.1. The van der Waals surface area contributed by atoms with Crippen LogP contribution in [0.3, 0.4) is 0 Å². The smallest absolute Gasteiger partial charge is 0.231 e. The number of fused-ring (bicyclic) bond motifs is 2. The maximum Gasteiger partial charge on any atom is 0.231 e. The highest BCUT2D eigenvalue weighted by Gasteiger charge is 2.16. The van der Waals surface area contributed by atoms with Gasteiger partial charge in [0.15, 0.2) is 11.5 Å². The monoisotopic (exact) mass is 311 g/mol. The first kappa shape index (κ1) is 13.8. The van der Waals surface area contributed by atoms with E-state index in [0.717, 1.165) is 47.1 Å². The Morgan fingerprint density at radius 1 is 1.22 bits per heavy atom. The van der Waals surface area contributed by atoms with Gasteiger partial charge in [-0.25, -0.2) is 0 Å². The molecule has 7 nitrogen and oxygen atoms in total. The zero-order valence-corrected chi connectivity index (χ0v) is 13.1. The van der Waals surface area contributed by atoms with Gasteiger partial charge in [0.25, 0.3) is 0 Å². The molecule has 0 radical (unpaired) electrons. The van der Waals surface area contributed by atoms with Gasteiger partial charge in [0.1, 0.15) is 6.33 Å². The van der Waals surface area contributed by atoms with Crippen LogP contribution in [-0.2, 0) is 13.0 Å². The third-order valence-electron chi connectivity index (χ3n) is 3.93. The van der Waals surface area contributed by atoms with Gasteiger partial charge in [-0.3, -0.25) is 0 Å². The molecule has 0 saturated heterocycles. The van der Waals surface area contributed by atoms with Crippen LogP contribution < -0.4 is 14.4 Å². The summed E-state index contributed by atoms with van der Waals surface area (Å²) in [5.41, 5.74) is 3.91. The van der Waals surface area contributed by atoms with Crippen molar-refractivity contribution in [3.63, 3.8) is 0 Å². The summed E-state index contributed by atoms with van der Waals surface area (Å²) < 4.78 is 12.5. The first-order chi connectivity index (χ1) is 11.2. The van der Waals surface area contributed by atoms with Crippen LogP contribution in [0.1, 0.15) is 18.2 Å². The van der Waals surface area contributed by atoms with Crippen LogP contribution in [0.25, 0.3) is 5.65 Å². The minimum absolute atomic E-state index is 0.291. The number of aromatic nitrogens is 4. The molecule has 1 aliphatic heterocycles. The van der Waals surface area contributed by atoms with Crippen molar-refractivity contribution in [3.05, 3.63) is 41.9 Å². The molecule has 118 valence electrons. The molecule has 7 heteroatoms. The molecule has 0 amide bonds. The number of benzene rings is 1. The van der Waals surface area contributed by atoms with Gasteiger partial charge in [0.2, 0.25) is 12.4 Å². The summed E-state index contributed by atoms with van der Waals surface area (Å²) in [6, 6.07) is 8.08. The number of hydrogen-bond donors (Lipinski definition) is 0. The van der Waals surface area contributed by atoms with Crippen LogP contribution >= 0.6 is 0 Å². The molecule has 0 fully saturated rings. The van der Waals surface area contributed by atoms with Gasteiger partial charge >= 0.3 is 0 Å². The Bertz CT molecular complexity index is 861. The third kappa shape index (κ3) is 2.44. The van der Waals surface area contributed by atoms with Crippen molar-refractivity contribution < 1.29 is 9.47 Å². The standard InChI is InChI=1S/C16H17N5O2/c1-3-12-7-13(16-18-17-9-21(16)19-12)20(2)8-11-4-5-14-15(6-11)23-10-22-14/h4-7,9H,3,8,10H2,1-2H3. The molecule has 0 spiro atoms. The van der Waals surface area contributed by atoms with E-state index in [-0.39, 0.29) is 0 Å². The summed E-state index contributed by atoms with van der Waals surface area (Å²) >= 11 is 0. The molecule has 2 aromatic heterocycles. The molecule has 0 N–H and O–H groups in total. The van der Waals surface area contributed by atoms with Crippen LogP contribution in [0.5, 0.6) is 11.5 Å². The van der Waals surface area contributed by atoms with Crippen LogP contribution in [-0.4, -0.2) is 33.7 Å². The van der Waals surface area contributed by atoms with Gasteiger partial charge in [0.05, 0.1) is 11.4 Å². The van der Waals surface area contributed by atoms with E-state index in [1.165, 1.54) is 0 Å². The average Bonchev–Trinajstić information content (AvgIpc) is 3.21. The number of nitrogens with zero attached hydrogens (tertiary/aromatic N) is 5. The predicted octanol–water partition coefficient (Wildman–Crippen LogP) is 2.05. The first-order valence-electron chi connectivity index (χ1n) is 7.54. The summed E-state index contributed by atoms with van der Waals surface area (Å²) in [6.45, 7) is 3.10. The predicted molar refractivity (Wildman–Crippen MR) is 84.8 cm³/mol. The van der Waals surface area contributed by atoms with Crippen molar-refractivity contribution in [2.24, 2.45) is 0 Å². The van der Waals surface area contributed by atoms with E-state index in [1.54, 1.807) is 10.8 Å². The molecule has 1 aromatic carbocycles. The van der Waals surface area contributed by atoms with E-state index in [0.29, 0.717) is 6.79 Å². The van der Waals surface area contributed by atoms with Crippen molar-refractivity contribution >= 4 is 11.3 Å². The van der Waals surface area contributed by atoms with Gasteiger partial charge in [-0.15, -0.1) is 10.2 Å². The van der Waals surface area contributed by atoms with E-state index in [2.05, 4.69) is 33.2 Å². The number of rotatable bonds is 4. The average molecular weight is 311 g/mol. The van der Waals surface area contributed by atoms with E-state index in [4.69, 9.17) is 9.47 Å². The Balaban J connectivity index is 1.66. The minimum Gasteiger partial charge on any atom is -0.454 e. The summed E-state index contributed by atoms with van der Waals surface area (Å²) in [5.74, 6) is 1.60. The topological polar surface area (TPSA) is 64.8 Å². The zero-order chi connectivity index (χ0) is 15.8. The summed E-state index contributed by atoms with van der Waals surface area (Å²) in [4.78, 5) is 2.14. The van der Waals surface area contributed by atoms with Crippen molar-refractivity contribution in [1.29, 1.82) is 0 Å². The maximum absolute atomic E-state index is 5.44. The Morgan fingerprint density at radius 3 is 2.96 bits per heavy atom. The molecular formula is C16H17N5O2. The van der Waals surface area contributed by atoms with E-state index in [9.17, 15) is 0 Å². The molecule has 0 bridgehead atoms. The second-order valence-corrected chi connectivity index (χ2v) is 5.52. The fourth-order valence-corrected chi connectivity index (χ4v) is 2.71. The number of anilines is 1. The lowest BCUT2D eigenvalue weighted by Crippen LogP contribution is -2.18. The molecule has 3 heterocycles. The quantitative estimate of drug-likeness (QED) is 0.735. The largest absolute Gasteiger partial charge is 0.454 e. The van der Waals surface area contributed by atoms with Gasteiger partial charge in [-0.05, 0) is 30.2 Å². The third-order valence-corrected chi connectivity index (χ3v) is 3.93. The van der Waals surface area contributed by atoms with Crippen molar-refractivity contribution in [2.45, 2.75) is 19.9 Å². The fourth-order valence-electron chi connectivity index (χ4n) is 2.71. The van der Waals surface area contributed by atoms with Crippen molar-refractivity contribution in [3.8, 4) is 11.5 Å². The molecule has 3 aromatic rings. The molecule has 0 saturated carbocycles. The second-order valence-electron chi connectivity index (χ2n) is 5.52. The summed E-state index contributed by atoms with van der Waals surface area (Å²) in [6.07, 6.45) is 2.49. The lowest BCUT2D eigenvalue weighted by atomic mass is 10.2. The van der Waals surface area contributed by atoms with Gasteiger partial charge in [-0.2, -0.15) is 9.61 Å². The van der Waals surface area contributed by atoms with E-state index < -0.39 is 0 Å². The lowest BCUT2D eigenvalue weighted by molar-refractivity contribution is 0.174. The van der Waals surface area contributed by atoms with Crippen LogP contribution in [0.15, 0.2) is 30.6 Å². The van der Waals surface area contributed by atoms with Crippen LogP contribution in [0, 0.1) is 0 Å². The highest BCUT2D eigenvalue weighted by Crippen LogP contribution is 2.33. The molecule has 4 rings (SSSR count). The lowest BCUT2D eigenvalue weighted by Gasteiger charge is -2.20. The van der Waals surface area contributed by atoms with Crippen molar-refractivity contribution in [1.82, 2.24) is 19.8 Å². The van der Waals surface area contributed by atoms with E-state index >= 15 is 0 Å². The Labute approximate surface area is 133 Å². The number of ether oxygens (including phenoxy) is 2. The normalized spacial score (nSPS) is 12.8. The first-order valence-corrected chi connectivity index (χ1v) is 7.54. The Hall–Kier alpha value is -2.83.